The minimum absolute atomic E-state index is 0.356. The lowest BCUT2D eigenvalue weighted by Crippen LogP contribution is -2.34. The summed E-state index contributed by atoms with van der Waals surface area (Å²) in [5.41, 5.74) is 0.390. The summed E-state index contributed by atoms with van der Waals surface area (Å²) in [5.74, 6) is 0.618. The highest BCUT2D eigenvalue weighted by atomic mass is 19.1. The monoisotopic (exact) mass is 317 g/mol. The van der Waals surface area contributed by atoms with Gasteiger partial charge in [-0.05, 0) is 68.2 Å². The first-order chi connectivity index (χ1) is 11.2. The number of hydrogen-bond acceptors (Lipinski definition) is 4. The van der Waals surface area contributed by atoms with Gasteiger partial charge in [0, 0.05) is 0 Å². The molecule has 23 heavy (non-hydrogen) atoms. The third-order valence-electron chi connectivity index (χ3n) is 4.20. The summed E-state index contributed by atoms with van der Waals surface area (Å²) >= 11 is 0. The zero-order chi connectivity index (χ0) is 16.1. The highest BCUT2D eigenvalue weighted by Crippen LogP contribution is 2.20. The number of halogens is 1. The van der Waals surface area contributed by atoms with Crippen molar-refractivity contribution in [2.24, 2.45) is 5.92 Å². The molecule has 0 bridgehead atoms. The molecule has 0 aliphatic carbocycles. The van der Waals surface area contributed by atoms with Crippen LogP contribution in [0.5, 0.6) is 0 Å². The van der Waals surface area contributed by atoms with Gasteiger partial charge in [0.25, 0.3) is 0 Å². The van der Waals surface area contributed by atoms with Gasteiger partial charge in [-0.1, -0.05) is 0 Å². The molecule has 0 unspecified atom stereocenters. The van der Waals surface area contributed by atoms with E-state index in [2.05, 4.69) is 4.90 Å². The van der Waals surface area contributed by atoms with Gasteiger partial charge in [0.2, 0.25) is 0 Å². The molecule has 2 heterocycles. The first kappa shape index (κ1) is 15.7. The SMILES string of the molecule is O=C(OCC1CCN(Cc2ccco2)CC1)c1ccc(F)cc1. The van der Waals surface area contributed by atoms with Crippen LogP contribution >= 0.6 is 0 Å². The maximum absolute atomic E-state index is 12.8. The Morgan fingerprint density at radius 2 is 1.96 bits per heavy atom. The molecule has 0 N–H and O–H groups in total. The molecular weight excluding hydrogens is 297 g/mol. The van der Waals surface area contributed by atoms with E-state index in [9.17, 15) is 9.18 Å². The molecule has 1 aliphatic heterocycles. The van der Waals surface area contributed by atoms with Crippen LogP contribution in [-0.4, -0.2) is 30.6 Å². The molecule has 122 valence electrons. The Morgan fingerprint density at radius 1 is 1.22 bits per heavy atom. The number of nitrogens with zero attached hydrogens (tertiary/aromatic N) is 1. The van der Waals surface area contributed by atoms with Crippen LogP contribution in [0, 0.1) is 11.7 Å². The van der Waals surface area contributed by atoms with Gasteiger partial charge in [0.1, 0.15) is 11.6 Å². The Labute approximate surface area is 134 Å². The fraction of sp³-hybridized carbons (Fsp3) is 0.389. The van der Waals surface area contributed by atoms with Gasteiger partial charge < -0.3 is 9.15 Å². The van der Waals surface area contributed by atoms with E-state index in [1.54, 1.807) is 6.26 Å². The topological polar surface area (TPSA) is 42.7 Å². The molecule has 4 nitrogen and oxygen atoms in total. The van der Waals surface area contributed by atoms with Crippen LogP contribution in [-0.2, 0) is 11.3 Å². The van der Waals surface area contributed by atoms with Gasteiger partial charge >= 0.3 is 5.97 Å². The van der Waals surface area contributed by atoms with Crippen LogP contribution in [0.3, 0.4) is 0 Å². The van der Waals surface area contributed by atoms with Crippen molar-refractivity contribution in [1.82, 2.24) is 4.90 Å². The Bertz CT molecular complexity index is 616. The minimum atomic E-state index is -0.386. The molecular formula is C18H20FNO3. The quantitative estimate of drug-likeness (QED) is 0.792. The van der Waals surface area contributed by atoms with Crippen LogP contribution in [0.25, 0.3) is 0 Å². The standard InChI is InChI=1S/C18H20FNO3/c19-16-5-3-15(4-6-16)18(21)23-13-14-7-9-20(10-8-14)12-17-2-1-11-22-17/h1-6,11,14H,7-10,12-13H2. The highest BCUT2D eigenvalue weighted by Gasteiger charge is 2.21. The third kappa shape index (κ3) is 4.42. The number of rotatable bonds is 5. The molecule has 0 atom stereocenters. The number of piperidine rings is 1. The molecule has 1 fully saturated rings. The van der Waals surface area contributed by atoms with Crippen LogP contribution in [0.1, 0.15) is 29.0 Å². The highest BCUT2D eigenvalue weighted by molar-refractivity contribution is 5.89. The molecule has 0 spiro atoms. The number of carbonyl (C=O) groups excluding carboxylic acids is 1. The molecule has 0 radical (unpaired) electrons. The maximum Gasteiger partial charge on any atom is 0.338 e. The van der Waals surface area contributed by atoms with Crippen LogP contribution in [0.2, 0.25) is 0 Å². The van der Waals surface area contributed by atoms with E-state index in [-0.39, 0.29) is 11.8 Å². The number of benzene rings is 1. The van der Waals surface area contributed by atoms with Gasteiger partial charge in [0.05, 0.1) is 25.0 Å². The number of esters is 1. The number of hydrogen-bond donors (Lipinski definition) is 0. The van der Waals surface area contributed by atoms with Crippen molar-refractivity contribution in [1.29, 1.82) is 0 Å². The summed E-state index contributed by atoms with van der Waals surface area (Å²) < 4.78 is 23.5. The van der Waals surface area contributed by atoms with Crippen molar-refractivity contribution in [3.8, 4) is 0 Å². The van der Waals surface area contributed by atoms with Gasteiger partial charge in [-0.15, -0.1) is 0 Å². The molecule has 1 aromatic carbocycles. The van der Waals surface area contributed by atoms with Gasteiger partial charge in [-0.3, -0.25) is 4.90 Å². The van der Waals surface area contributed by atoms with Crippen LogP contribution < -0.4 is 0 Å². The molecule has 5 heteroatoms. The summed E-state index contributed by atoms with van der Waals surface area (Å²) in [6.07, 6.45) is 3.69. The van der Waals surface area contributed by atoms with Crippen molar-refractivity contribution < 1.29 is 18.3 Å². The van der Waals surface area contributed by atoms with E-state index in [0.29, 0.717) is 18.1 Å². The normalized spacial score (nSPS) is 16.4. The van der Waals surface area contributed by atoms with E-state index in [1.165, 1.54) is 24.3 Å². The summed E-state index contributed by atoms with van der Waals surface area (Å²) in [4.78, 5) is 14.3. The Morgan fingerprint density at radius 3 is 2.61 bits per heavy atom. The average Bonchev–Trinajstić information content (AvgIpc) is 3.07. The summed E-state index contributed by atoms with van der Waals surface area (Å²) in [7, 11) is 0. The molecule has 1 aliphatic rings. The third-order valence-corrected chi connectivity index (χ3v) is 4.20. The minimum Gasteiger partial charge on any atom is -0.468 e. The number of furan rings is 1. The Balaban J connectivity index is 1.40. The van der Waals surface area contributed by atoms with Gasteiger partial charge in [-0.2, -0.15) is 0 Å². The zero-order valence-electron chi connectivity index (χ0n) is 12.9. The predicted octanol–water partition coefficient (Wildman–Crippen LogP) is 3.49. The number of likely N-dealkylation sites (tertiary alicyclic amines) is 1. The second-order valence-corrected chi connectivity index (χ2v) is 5.90. The van der Waals surface area contributed by atoms with Crippen molar-refractivity contribution in [3.63, 3.8) is 0 Å². The van der Waals surface area contributed by atoms with Crippen LogP contribution in [0.4, 0.5) is 4.39 Å². The Hall–Kier alpha value is -2.14. The van der Waals surface area contributed by atoms with E-state index >= 15 is 0 Å². The first-order valence-corrected chi connectivity index (χ1v) is 7.88. The fourth-order valence-corrected chi connectivity index (χ4v) is 2.80. The zero-order valence-corrected chi connectivity index (χ0v) is 12.9. The van der Waals surface area contributed by atoms with Crippen molar-refractivity contribution in [2.45, 2.75) is 19.4 Å². The van der Waals surface area contributed by atoms with Gasteiger partial charge in [-0.25, -0.2) is 9.18 Å². The molecule has 2 aromatic rings. The summed E-state index contributed by atoms with van der Waals surface area (Å²) in [5, 5.41) is 0. The van der Waals surface area contributed by atoms with Crippen molar-refractivity contribution in [3.05, 3.63) is 59.8 Å². The molecule has 0 saturated carbocycles. The van der Waals surface area contributed by atoms with E-state index < -0.39 is 0 Å². The second-order valence-electron chi connectivity index (χ2n) is 5.90. The van der Waals surface area contributed by atoms with Gasteiger partial charge in [0.15, 0.2) is 0 Å². The lowest BCUT2D eigenvalue weighted by molar-refractivity contribution is 0.0365. The maximum atomic E-state index is 12.8. The second kappa shape index (κ2) is 7.42. The molecule has 1 aromatic heterocycles. The fourth-order valence-electron chi connectivity index (χ4n) is 2.80. The molecule has 3 rings (SSSR count). The molecule has 0 amide bonds. The average molecular weight is 317 g/mol. The summed E-state index contributed by atoms with van der Waals surface area (Å²) in [6, 6.07) is 9.31. The lowest BCUT2D eigenvalue weighted by atomic mass is 9.98. The lowest BCUT2D eigenvalue weighted by Gasteiger charge is -2.30. The predicted molar refractivity (Wildman–Crippen MR) is 83.4 cm³/mol. The van der Waals surface area contributed by atoms with Crippen LogP contribution in [0.15, 0.2) is 47.1 Å². The first-order valence-electron chi connectivity index (χ1n) is 7.88. The number of carbonyl (C=O) groups is 1. The number of ether oxygens (including phenoxy) is 1. The summed E-state index contributed by atoms with van der Waals surface area (Å²) in [6.45, 7) is 3.19. The Kier molecular flexibility index (Phi) is 5.08. The smallest absolute Gasteiger partial charge is 0.338 e. The largest absolute Gasteiger partial charge is 0.468 e. The van der Waals surface area contributed by atoms with E-state index in [4.69, 9.17) is 9.15 Å². The van der Waals surface area contributed by atoms with E-state index in [0.717, 1.165) is 38.2 Å². The molecule has 1 saturated heterocycles. The van der Waals surface area contributed by atoms with Crippen molar-refractivity contribution in [2.75, 3.05) is 19.7 Å². The van der Waals surface area contributed by atoms with E-state index in [1.807, 2.05) is 12.1 Å². The van der Waals surface area contributed by atoms with Crippen molar-refractivity contribution >= 4 is 5.97 Å².